The zero-order valence-corrected chi connectivity index (χ0v) is 13.7. The average Bonchev–Trinajstić information content (AvgIpc) is 3.57. The Balaban J connectivity index is 1.51. The van der Waals surface area contributed by atoms with Gasteiger partial charge in [0.05, 0.1) is 5.39 Å². The van der Waals surface area contributed by atoms with Crippen molar-refractivity contribution in [3.8, 4) is 11.5 Å². The van der Waals surface area contributed by atoms with E-state index in [-0.39, 0.29) is 0 Å². The van der Waals surface area contributed by atoms with Crippen LogP contribution in [-0.2, 0) is 19.1 Å². The molecule has 2 aliphatic carbocycles. The summed E-state index contributed by atoms with van der Waals surface area (Å²) in [5, 5.41) is 12.2. The third-order valence-electron chi connectivity index (χ3n) is 6.32. The lowest BCUT2D eigenvalue weighted by molar-refractivity contribution is -0.189. The van der Waals surface area contributed by atoms with Crippen molar-refractivity contribution >= 4 is 22.3 Å². The molecule has 0 unspecified atom stereocenters. The third kappa shape index (κ3) is 1.24. The number of carbonyl (C=O) groups is 2. The molecule has 5 atom stereocenters. The molecule has 1 N–H and O–H groups in total. The van der Waals surface area contributed by atoms with Gasteiger partial charge in [0.2, 0.25) is 11.4 Å². The molecule has 7 heteroatoms. The van der Waals surface area contributed by atoms with Gasteiger partial charge in [-0.2, -0.15) is 0 Å². The summed E-state index contributed by atoms with van der Waals surface area (Å²) in [7, 11) is 0. The van der Waals surface area contributed by atoms with E-state index in [4.69, 9.17) is 18.9 Å². The highest BCUT2D eigenvalue weighted by Gasteiger charge is 3.00. The quantitative estimate of drug-likeness (QED) is 0.686. The van der Waals surface area contributed by atoms with E-state index in [1.165, 1.54) is 12.2 Å². The number of ether oxygens (including phenoxy) is 4. The van der Waals surface area contributed by atoms with E-state index in [1.807, 2.05) is 24.3 Å². The van der Waals surface area contributed by atoms with Crippen molar-refractivity contribution in [2.75, 3.05) is 0 Å². The molecular formula is C20H12O7. The zero-order valence-electron chi connectivity index (χ0n) is 13.7. The molecule has 5 aliphatic rings. The molecule has 1 saturated carbocycles. The van der Waals surface area contributed by atoms with E-state index >= 15 is 0 Å². The molecule has 0 bridgehead atoms. The number of hydrogen-bond donors (Lipinski definition) is 1. The second kappa shape index (κ2) is 3.91. The lowest BCUT2D eigenvalue weighted by Crippen LogP contribution is -2.72. The number of hydrogen-bond acceptors (Lipinski definition) is 7. The molecule has 3 heterocycles. The van der Waals surface area contributed by atoms with Gasteiger partial charge in [0.1, 0.15) is 17.6 Å². The molecule has 3 fully saturated rings. The van der Waals surface area contributed by atoms with Crippen LogP contribution in [0.4, 0.5) is 0 Å². The molecule has 1 spiro atoms. The highest BCUT2D eigenvalue weighted by Crippen LogP contribution is 2.70. The minimum atomic E-state index is -1.77. The molecule has 0 aromatic heterocycles. The molecule has 2 saturated heterocycles. The Morgan fingerprint density at radius 3 is 2.41 bits per heavy atom. The normalized spacial score (nSPS) is 41.3. The van der Waals surface area contributed by atoms with Gasteiger partial charge in [0.25, 0.3) is 5.60 Å². The van der Waals surface area contributed by atoms with Gasteiger partial charge in [0, 0.05) is 0 Å². The van der Waals surface area contributed by atoms with Crippen molar-refractivity contribution in [3.63, 3.8) is 0 Å². The van der Waals surface area contributed by atoms with Gasteiger partial charge >= 0.3 is 5.79 Å². The van der Waals surface area contributed by atoms with Crippen LogP contribution >= 0.6 is 0 Å². The van der Waals surface area contributed by atoms with Crippen LogP contribution in [0.3, 0.4) is 0 Å². The van der Waals surface area contributed by atoms with E-state index in [1.54, 1.807) is 12.1 Å². The summed E-state index contributed by atoms with van der Waals surface area (Å²) in [6.45, 7) is 0. The van der Waals surface area contributed by atoms with Crippen LogP contribution in [0.2, 0.25) is 0 Å². The average molecular weight is 364 g/mol. The maximum atomic E-state index is 13.0. The topological polar surface area (TPSA) is 97.9 Å². The lowest BCUT2D eigenvalue weighted by Gasteiger charge is -2.44. The second-order valence-corrected chi connectivity index (χ2v) is 7.51. The van der Waals surface area contributed by atoms with Gasteiger partial charge in [-0.25, -0.2) is 0 Å². The van der Waals surface area contributed by atoms with Crippen LogP contribution in [0.1, 0.15) is 0 Å². The van der Waals surface area contributed by atoms with Gasteiger partial charge < -0.3 is 24.1 Å². The number of aliphatic hydroxyl groups is 1. The molecule has 2 aromatic rings. The predicted molar refractivity (Wildman–Crippen MR) is 88.3 cm³/mol. The second-order valence-electron chi connectivity index (χ2n) is 7.51. The van der Waals surface area contributed by atoms with Crippen molar-refractivity contribution in [1.82, 2.24) is 0 Å². The Morgan fingerprint density at radius 2 is 1.70 bits per heavy atom. The van der Waals surface area contributed by atoms with Crippen LogP contribution in [0.15, 0.2) is 48.6 Å². The first-order valence-electron chi connectivity index (χ1n) is 8.76. The summed E-state index contributed by atoms with van der Waals surface area (Å²) in [5.41, 5.74) is -3.49. The molecule has 0 radical (unpaired) electrons. The number of fused-ring (bicyclic) bond motifs is 2. The van der Waals surface area contributed by atoms with Gasteiger partial charge in [-0.1, -0.05) is 24.3 Å². The first kappa shape index (κ1) is 14.3. The summed E-state index contributed by atoms with van der Waals surface area (Å²) in [5.74, 6) is -1.53. The Kier molecular flexibility index (Phi) is 2.08. The minimum Gasteiger partial charge on any atom is -0.446 e. The summed E-state index contributed by atoms with van der Waals surface area (Å²) in [6.07, 6.45) is -0.392. The predicted octanol–water partition coefficient (Wildman–Crippen LogP) is 0.665. The molecule has 27 heavy (non-hydrogen) atoms. The maximum absolute atomic E-state index is 13.0. The van der Waals surface area contributed by atoms with Crippen LogP contribution in [0.5, 0.6) is 11.5 Å². The molecule has 3 aliphatic heterocycles. The summed E-state index contributed by atoms with van der Waals surface area (Å²) in [4.78, 5) is 25.8. The number of carbonyl (C=O) groups excluding carboxylic acids is 2. The Bertz CT molecular complexity index is 1100. The van der Waals surface area contributed by atoms with Gasteiger partial charge in [-0.15, -0.1) is 0 Å². The number of Topliss-reactive ketones (excluding diaryl/α,β-unsaturated/α-hetero) is 1. The van der Waals surface area contributed by atoms with Crippen molar-refractivity contribution < 1.29 is 33.6 Å². The van der Waals surface area contributed by atoms with Gasteiger partial charge in [-0.05, 0) is 29.7 Å². The zero-order chi connectivity index (χ0) is 18.2. The van der Waals surface area contributed by atoms with E-state index in [0.717, 1.165) is 10.8 Å². The van der Waals surface area contributed by atoms with E-state index in [0.29, 0.717) is 11.5 Å². The van der Waals surface area contributed by atoms with Crippen LogP contribution in [-0.4, -0.2) is 52.0 Å². The number of rotatable bonds is 0. The number of ketones is 2. The fourth-order valence-electron chi connectivity index (χ4n) is 5.08. The van der Waals surface area contributed by atoms with Crippen LogP contribution < -0.4 is 9.47 Å². The van der Waals surface area contributed by atoms with Crippen molar-refractivity contribution in [2.45, 2.75) is 35.3 Å². The molecule has 0 amide bonds. The van der Waals surface area contributed by atoms with E-state index < -0.39 is 46.9 Å². The SMILES string of the molecule is O=C1C=C[C@H](O)[C@]23O[C@@]12C1(Oc2cccc4cccc(c24)O1)[C@@H]1O[C@H]1C3=O. The Morgan fingerprint density at radius 1 is 1.00 bits per heavy atom. The standard InChI is InChI=1S/C20H12O7/c21-12-7-8-13(22)19-18(12,27-19)16(23)15-17(24-15)20(19)25-10-5-1-3-9-4-2-6-11(26-20)14(9)10/h1-8,12,15,17,21H/t12-,15-,17+,18+,19-/m0/s1. The molecular weight excluding hydrogens is 352 g/mol. The Labute approximate surface area is 152 Å². The maximum Gasteiger partial charge on any atom is 0.321 e. The van der Waals surface area contributed by atoms with Crippen molar-refractivity contribution in [2.24, 2.45) is 0 Å². The fourth-order valence-corrected chi connectivity index (χ4v) is 5.08. The lowest BCUT2D eigenvalue weighted by atomic mass is 9.67. The molecule has 2 aromatic carbocycles. The smallest absolute Gasteiger partial charge is 0.321 e. The summed E-state index contributed by atoms with van der Waals surface area (Å²) >= 11 is 0. The molecule has 134 valence electrons. The first-order chi connectivity index (χ1) is 13.1. The summed E-state index contributed by atoms with van der Waals surface area (Å²) < 4.78 is 24.0. The van der Waals surface area contributed by atoms with Crippen LogP contribution in [0.25, 0.3) is 10.8 Å². The molecule has 7 nitrogen and oxygen atoms in total. The van der Waals surface area contributed by atoms with Crippen molar-refractivity contribution in [3.05, 3.63) is 48.6 Å². The highest BCUT2D eigenvalue weighted by molar-refractivity contribution is 6.15. The first-order valence-corrected chi connectivity index (χ1v) is 8.76. The number of aliphatic hydroxyl groups excluding tert-OH is 1. The highest BCUT2D eigenvalue weighted by atomic mass is 16.8. The Hall–Kier alpha value is -2.74. The monoisotopic (exact) mass is 364 g/mol. The fraction of sp³-hybridized carbons (Fsp3) is 0.300. The number of benzene rings is 2. The van der Waals surface area contributed by atoms with E-state index in [2.05, 4.69) is 0 Å². The minimum absolute atomic E-state index is 0.437. The van der Waals surface area contributed by atoms with Gasteiger partial charge in [-0.3, -0.25) is 9.59 Å². The van der Waals surface area contributed by atoms with Gasteiger partial charge in [0.15, 0.2) is 18.0 Å². The number of epoxide rings is 2. The van der Waals surface area contributed by atoms with Crippen LogP contribution in [0, 0.1) is 0 Å². The largest absolute Gasteiger partial charge is 0.446 e. The van der Waals surface area contributed by atoms with E-state index in [9.17, 15) is 14.7 Å². The summed E-state index contributed by atoms with van der Waals surface area (Å²) in [6, 6.07) is 11.1. The third-order valence-corrected chi connectivity index (χ3v) is 6.32. The molecule has 7 rings (SSSR count). The van der Waals surface area contributed by atoms with Crippen molar-refractivity contribution in [1.29, 1.82) is 0 Å².